The second-order valence-corrected chi connectivity index (χ2v) is 10.8. The van der Waals surface area contributed by atoms with E-state index in [4.69, 9.17) is 0 Å². The summed E-state index contributed by atoms with van der Waals surface area (Å²) in [6.07, 6.45) is 5.27. The molecule has 40 heavy (non-hydrogen) atoms. The van der Waals surface area contributed by atoms with Crippen LogP contribution in [0.5, 0.6) is 0 Å². The summed E-state index contributed by atoms with van der Waals surface area (Å²) in [5.74, 6) is -0.790. The molecule has 0 saturated carbocycles. The second kappa shape index (κ2) is 12.1. The second-order valence-electron chi connectivity index (χ2n) is 10.8. The number of anilines is 2. The summed E-state index contributed by atoms with van der Waals surface area (Å²) in [5.41, 5.74) is 4.35. The molecule has 3 heterocycles. The number of rotatable bonds is 10. The summed E-state index contributed by atoms with van der Waals surface area (Å²) in [6, 6.07) is 12.5. The first-order valence-corrected chi connectivity index (χ1v) is 13.8. The highest BCUT2D eigenvalue weighted by Crippen LogP contribution is 2.32. The number of halogens is 2. The molecule has 210 valence electrons. The fourth-order valence-corrected chi connectivity index (χ4v) is 5.12. The average molecular weight is 546 g/mol. The standard InChI is InChI=1S/C31H37F2N7/c1-21(35-24-9-11-29(34-19-24)39(4)15-14-38(2)3)31-26-18-23(8-10-28(26)36-37-31)25-16-22(17-27(32)30(25)33)20-40-12-6-5-7-13-40/h8-11,16-19,35H,1,5-7,12-15,20H2,2-4H3,(H,36,37). The Bertz CT molecular complexity index is 1470. The maximum Gasteiger partial charge on any atom is 0.166 e. The number of hydrogen-bond donors (Lipinski definition) is 2. The Balaban J connectivity index is 1.36. The number of likely N-dealkylation sites (N-methyl/N-ethyl adjacent to an activating group) is 2. The molecule has 0 amide bonds. The Labute approximate surface area is 234 Å². The molecule has 2 aromatic carbocycles. The first-order chi connectivity index (χ1) is 19.3. The van der Waals surface area contributed by atoms with Crippen LogP contribution < -0.4 is 10.2 Å². The summed E-state index contributed by atoms with van der Waals surface area (Å²) >= 11 is 0. The van der Waals surface area contributed by atoms with Crippen LogP contribution in [0.25, 0.3) is 27.7 Å². The van der Waals surface area contributed by atoms with Gasteiger partial charge < -0.3 is 15.1 Å². The fourth-order valence-electron chi connectivity index (χ4n) is 5.12. The van der Waals surface area contributed by atoms with Gasteiger partial charge in [0, 0.05) is 37.6 Å². The summed E-state index contributed by atoms with van der Waals surface area (Å²) in [7, 11) is 6.11. The number of pyridine rings is 1. The fraction of sp³-hybridized carbons (Fsp3) is 0.355. The molecular weight excluding hydrogens is 508 g/mol. The summed E-state index contributed by atoms with van der Waals surface area (Å²) < 4.78 is 29.7. The Hall–Kier alpha value is -3.82. The molecule has 0 radical (unpaired) electrons. The van der Waals surface area contributed by atoms with Crippen LogP contribution in [0.3, 0.4) is 0 Å². The highest BCUT2D eigenvalue weighted by Gasteiger charge is 2.18. The molecular formula is C31H37F2N7. The van der Waals surface area contributed by atoms with Crippen molar-refractivity contribution in [3.05, 3.63) is 78.1 Å². The molecule has 1 aliphatic heterocycles. The van der Waals surface area contributed by atoms with Crippen molar-refractivity contribution in [1.29, 1.82) is 0 Å². The van der Waals surface area contributed by atoms with Crippen molar-refractivity contribution in [2.45, 2.75) is 25.8 Å². The molecule has 1 fully saturated rings. The average Bonchev–Trinajstić information content (AvgIpc) is 3.38. The minimum Gasteiger partial charge on any atom is -0.358 e. The van der Waals surface area contributed by atoms with Gasteiger partial charge in [0.25, 0.3) is 0 Å². The van der Waals surface area contributed by atoms with Gasteiger partial charge in [-0.2, -0.15) is 5.10 Å². The van der Waals surface area contributed by atoms with Crippen molar-refractivity contribution in [2.75, 3.05) is 57.5 Å². The van der Waals surface area contributed by atoms with E-state index in [0.29, 0.717) is 23.5 Å². The number of fused-ring (bicyclic) bond motifs is 1. The SMILES string of the molecule is C=C(Nc1ccc(N(C)CCN(C)C)nc1)c1n[nH]c2ccc(-c3cc(CN4CCCCC4)cc(F)c3F)cc12. The molecule has 1 aliphatic rings. The van der Waals surface area contributed by atoms with E-state index in [0.717, 1.165) is 67.0 Å². The lowest BCUT2D eigenvalue weighted by molar-refractivity contribution is 0.220. The molecule has 0 unspecified atom stereocenters. The molecule has 2 N–H and O–H groups in total. The van der Waals surface area contributed by atoms with Crippen LogP contribution in [0.2, 0.25) is 0 Å². The highest BCUT2D eigenvalue weighted by molar-refractivity contribution is 5.95. The van der Waals surface area contributed by atoms with Crippen molar-refractivity contribution in [3.8, 4) is 11.1 Å². The van der Waals surface area contributed by atoms with E-state index >= 15 is 4.39 Å². The first-order valence-electron chi connectivity index (χ1n) is 13.8. The number of hydrogen-bond acceptors (Lipinski definition) is 6. The van der Waals surface area contributed by atoms with Crippen LogP contribution in [-0.2, 0) is 6.54 Å². The zero-order valence-corrected chi connectivity index (χ0v) is 23.5. The van der Waals surface area contributed by atoms with Gasteiger partial charge in [0.2, 0.25) is 0 Å². The van der Waals surface area contributed by atoms with Crippen molar-refractivity contribution >= 4 is 28.1 Å². The van der Waals surface area contributed by atoms with Crippen molar-refractivity contribution in [1.82, 2.24) is 25.0 Å². The maximum absolute atomic E-state index is 15.0. The van der Waals surface area contributed by atoms with E-state index in [1.807, 2.05) is 45.4 Å². The number of nitrogens with zero attached hydrogens (tertiary/aromatic N) is 5. The first kappa shape index (κ1) is 27.7. The van der Waals surface area contributed by atoms with Gasteiger partial charge in [-0.3, -0.25) is 10.00 Å². The smallest absolute Gasteiger partial charge is 0.166 e. The van der Waals surface area contributed by atoms with E-state index in [2.05, 4.69) is 41.8 Å². The molecule has 0 aliphatic carbocycles. The lowest BCUT2D eigenvalue weighted by Gasteiger charge is -2.26. The van der Waals surface area contributed by atoms with Crippen LogP contribution in [-0.4, -0.2) is 72.3 Å². The van der Waals surface area contributed by atoms with Gasteiger partial charge in [-0.15, -0.1) is 0 Å². The number of piperidine rings is 1. The zero-order valence-electron chi connectivity index (χ0n) is 23.5. The van der Waals surface area contributed by atoms with Crippen LogP contribution in [0.4, 0.5) is 20.3 Å². The normalized spacial score (nSPS) is 14.2. The van der Waals surface area contributed by atoms with Gasteiger partial charge in [0.15, 0.2) is 11.6 Å². The van der Waals surface area contributed by atoms with Gasteiger partial charge in [-0.1, -0.05) is 19.1 Å². The molecule has 0 bridgehead atoms. The van der Waals surface area contributed by atoms with E-state index in [-0.39, 0.29) is 5.56 Å². The number of H-pyrrole nitrogens is 1. The summed E-state index contributed by atoms with van der Waals surface area (Å²) in [6.45, 7) is 8.57. The summed E-state index contributed by atoms with van der Waals surface area (Å²) in [5, 5.41) is 11.5. The number of nitrogens with one attached hydrogen (secondary N) is 2. The van der Waals surface area contributed by atoms with Crippen molar-refractivity contribution in [2.24, 2.45) is 0 Å². The molecule has 1 saturated heterocycles. The monoisotopic (exact) mass is 545 g/mol. The van der Waals surface area contributed by atoms with E-state index in [1.165, 1.54) is 12.5 Å². The third kappa shape index (κ3) is 6.32. The van der Waals surface area contributed by atoms with E-state index in [9.17, 15) is 4.39 Å². The van der Waals surface area contributed by atoms with Crippen LogP contribution >= 0.6 is 0 Å². The lowest BCUT2D eigenvalue weighted by atomic mass is 9.99. The van der Waals surface area contributed by atoms with Gasteiger partial charge in [0.1, 0.15) is 11.5 Å². The van der Waals surface area contributed by atoms with Crippen molar-refractivity contribution in [3.63, 3.8) is 0 Å². The Morgan fingerprint density at radius 3 is 2.55 bits per heavy atom. The van der Waals surface area contributed by atoms with Crippen LogP contribution in [0.15, 0.2) is 55.2 Å². The molecule has 0 atom stereocenters. The largest absolute Gasteiger partial charge is 0.358 e. The minimum atomic E-state index is -0.842. The molecule has 2 aromatic heterocycles. The Morgan fingerprint density at radius 1 is 1.02 bits per heavy atom. The Kier molecular flexibility index (Phi) is 8.42. The van der Waals surface area contributed by atoms with Crippen LogP contribution in [0.1, 0.15) is 30.5 Å². The molecule has 5 rings (SSSR count). The number of aromatic amines is 1. The predicted molar refractivity (Wildman–Crippen MR) is 159 cm³/mol. The topological polar surface area (TPSA) is 63.3 Å². The van der Waals surface area contributed by atoms with E-state index < -0.39 is 11.6 Å². The van der Waals surface area contributed by atoms with Crippen molar-refractivity contribution < 1.29 is 8.78 Å². The number of aromatic nitrogens is 3. The summed E-state index contributed by atoms with van der Waals surface area (Å²) in [4.78, 5) is 11.1. The predicted octanol–water partition coefficient (Wildman–Crippen LogP) is 5.97. The third-order valence-electron chi connectivity index (χ3n) is 7.42. The minimum absolute atomic E-state index is 0.248. The van der Waals surface area contributed by atoms with Gasteiger partial charge in [-0.05, 0) is 87.6 Å². The van der Waals surface area contributed by atoms with Crippen LogP contribution in [0, 0.1) is 11.6 Å². The van der Waals surface area contributed by atoms with E-state index in [1.54, 1.807) is 18.3 Å². The zero-order chi connectivity index (χ0) is 28.2. The number of likely N-dealkylation sites (tertiary alicyclic amines) is 1. The third-order valence-corrected chi connectivity index (χ3v) is 7.42. The Morgan fingerprint density at radius 2 is 1.82 bits per heavy atom. The quantitative estimate of drug-likeness (QED) is 0.256. The van der Waals surface area contributed by atoms with Gasteiger partial charge in [-0.25, -0.2) is 13.8 Å². The molecule has 7 nitrogen and oxygen atoms in total. The van der Waals surface area contributed by atoms with Gasteiger partial charge >= 0.3 is 0 Å². The maximum atomic E-state index is 15.0. The molecule has 9 heteroatoms. The molecule has 0 spiro atoms. The van der Waals surface area contributed by atoms with Gasteiger partial charge in [0.05, 0.1) is 23.1 Å². The number of benzene rings is 2. The molecule has 4 aromatic rings. The lowest BCUT2D eigenvalue weighted by Crippen LogP contribution is -2.29. The highest BCUT2D eigenvalue weighted by atomic mass is 19.2.